The van der Waals surface area contributed by atoms with E-state index in [2.05, 4.69) is 33.4 Å². The quantitative estimate of drug-likeness (QED) is 0.536. The lowest BCUT2D eigenvalue weighted by molar-refractivity contribution is -0.144. The van der Waals surface area contributed by atoms with Crippen LogP contribution in [0.2, 0.25) is 0 Å². The molecule has 0 spiro atoms. The number of benzene rings is 3. The molecule has 1 amide bonds. The van der Waals surface area contributed by atoms with E-state index in [9.17, 15) is 14.7 Å². The Morgan fingerprint density at radius 1 is 0.967 bits per heavy atom. The molecule has 3 aromatic rings. The molecule has 0 radical (unpaired) electrons. The highest BCUT2D eigenvalue weighted by Gasteiger charge is 2.38. The average Bonchev–Trinajstić information content (AvgIpc) is 3.06. The van der Waals surface area contributed by atoms with Crippen molar-refractivity contribution in [3.8, 4) is 11.1 Å². The fraction of sp³-hybridized carbons (Fsp3) is 0.167. The van der Waals surface area contributed by atoms with Gasteiger partial charge >= 0.3 is 12.1 Å². The maximum atomic E-state index is 12.6. The number of carbonyl (C=O) groups is 2. The highest BCUT2D eigenvalue weighted by molar-refractivity contribution is 9.10. The minimum absolute atomic E-state index is 0.0908. The first-order valence-electron chi connectivity index (χ1n) is 9.53. The summed E-state index contributed by atoms with van der Waals surface area (Å²) in [6.07, 6.45) is -0.773. The molecule has 0 saturated carbocycles. The fourth-order valence-electron chi connectivity index (χ4n) is 3.87. The van der Waals surface area contributed by atoms with Gasteiger partial charge in [-0.1, -0.05) is 76.6 Å². The monoisotopic (exact) mass is 465 g/mol. The minimum atomic E-state index is -1.61. The highest BCUT2D eigenvalue weighted by Crippen LogP contribution is 2.44. The van der Waals surface area contributed by atoms with Crippen LogP contribution < -0.4 is 5.32 Å². The van der Waals surface area contributed by atoms with Gasteiger partial charge in [0.2, 0.25) is 0 Å². The molecule has 0 saturated heterocycles. The number of hydrogen-bond acceptors (Lipinski definition) is 3. The maximum Gasteiger partial charge on any atom is 0.408 e. The van der Waals surface area contributed by atoms with E-state index in [4.69, 9.17) is 4.74 Å². The number of carboxylic acids is 1. The van der Waals surface area contributed by atoms with E-state index in [0.717, 1.165) is 26.7 Å². The zero-order chi connectivity index (χ0) is 21.3. The van der Waals surface area contributed by atoms with Crippen LogP contribution in [0.15, 0.2) is 77.3 Å². The van der Waals surface area contributed by atoms with Gasteiger partial charge in [0, 0.05) is 10.4 Å². The summed E-state index contributed by atoms with van der Waals surface area (Å²) in [6, 6.07) is 22.9. The molecule has 0 heterocycles. The van der Waals surface area contributed by atoms with Gasteiger partial charge in [-0.2, -0.15) is 0 Å². The van der Waals surface area contributed by atoms with E-state index in [1.165, 1.54) is 6.92 Å². The molecule has 6 heteroatoms. The molecule has 0 aromatic heterocycles. The van der Waals surface area contributed by atoms with E-state index >= 15 is 0 Å². The van der Waals surface area contributed by atoms with Crippen molar-refractivity contribution < 1.29 is 19.4 Å². The number of alkyl carbamates (subject to hydrolysis) is 1. The van der Waals surface area contributed by atoms with Gasteiger partial charge in [0.1, 0.15) is 6.61 Å². The maximum absolute atomic E-state index is 12.6. The summed E-state index contributed by atoms with van der Waals surface area (Å²) in [5, 5.41) is 12.3. The van der Waals surface area contributed by atoms with Gasteiger partial charge in [-0.25, -0.2) is 9.59 Å². The summed E-state index contributed by atoms with van der Waals surface area (Å²) in [7, 11) is 0. The summed E-state index contributed by atoms with van der Waals surface area (Å²) >= 11 is 3.33. The zero-order valence-electron chi connectivity index (χ0n) is 16.3. The van der Waals surface area contributed by atoms with Crippen LogP contribution in [0.25, 0.3) is 11.1 Å². The number of rotatable bonds is 5. The first kappa shape index (κ1) is 20.2. The molecule has 0 unspecified atom stereocenters. The highest BCUT2D eigenvalue weighted by atomic mass is 79.9. The van der Waals surface area contributed by atoms with Crippen LogP contribution in [0.5, 0.6) is 0 Å². The molecular formula is C24H20BrNO4. The average molecular weight is 466 g/mol. The van der Waals surface area contributed by atoms with Gasteiger partial charge in [0.05, 0.1) is 0 Å². The molecule has 1 atom stereocenters. The lowest BCUT2D eigenvalue weighted by Gasteiger charge is -2.27. The Morgan fingerprint density at radius 2 is 1.50 bits per heavy atom. The summed E-state index contributed by atoms with van der Waals surface area (Å²) in [4.78, 5) is 24.5. The molecule has 0 bridgehead atoms. The van der Waals surface area contributed by atoms with E-state index in [1.807, 2.05) is 36.4 Å². The molecule has 2 N–H and O–H groups in total. The van der Waals surface area contributed by atoms with E-state index in [0.29, 0.717) is 5.56 Å². The Labute approximate surface area is 182 Å². The number of hydrogen-bond donors (Lipinski definition) is 2. The molecule has 1 aliphatic carbocycles. The van der Waals surface area contributed by atoms with Gasteiger partial charge in [-0.15, -0.1) is 0 Å². The lowest BCUT2D eigenvalue weighted by Crippen LogP contribution is -2.49. The second-order valence-electron chi connectivity index (χ2n) is 7.39. The van der Waals surface area contributed by atoms with Crippen molar-refractivity contribution in [1.82, 2.24) is 5.32 Å². The Bertz CT molecular complexity index is 1070. The topological polar surface area (TPSA) is 75.6 Å². The van der Waals surface area contributed by atoms with Crippen molar-refractivity contribution in [2.75, 3.05) is 6.61 Å². The third-order valence-corrected chi connectivity index (χ3v) is 6.07. The number of halogens is 1. The molecule has 5 nitrogen and oxygen atoms in total. The number of carboxylic acid groups (broad SMARTS) is 1. The SMILES string of the molecule is C[C@@](NC(=O)OCC1c2ccccc2-c2ccccc21)(C(=O)O)c1ccc(Br)cc1. The van der Waals surface area contributed by atoms with E-state index in [-0.39, 0.29) is 12.5 Å². The molecule has 0 aliphatic heterocycles. The minimum Gasteiger partial charge on any atom is -0.479 e. The standard InChI is InChI=1S/C24H20BrNO4/c1-24(22(27)28,15-10-12-16(25)13-11-15)26-23(29)30-14-21-19-8-4-2-6-17(19)18-7-3-5-9-20(18)21/h2-13,21H,14H2,1H3,(H,26,29)(H,27,28)/t24-/m0/s1. The van der Waals surface area contributed by atoms with E-state index < -0.39 is 17.6 Å². The number of nitrogens with one attached hydrogen (secondary N) is 1. The number of carbonyl (C=O) groups excluding carboxylic acids is 1. The van der Waals surface area contributed by atoms with Crippen molar-refractivity contribution in [1.29, 1.82) is 0 Å². The Balaban J connectivity index is 1.52. The van der Waals surface area contributed by atoms with Crippen LogP contribution in [0, 0.1) is 0 Å². The van der Waals surface area contributed by atoms with Gasteiger partial charge in [0.15, 0.2) is 5.54 Å². The van der Waals surface area contributed by atoms with Crippen molar-refractivity contribution in [3.63, 3.8) is 0 Å². The van der Waals surface area contributed by atoms with Crippen LogP contribution in [0.3, 0.4) is 0 Å². The Hall–Kier alpha value is -3.12. The third-order valence-electron chi connectivity index (χ3n) is 5.55. The molecule has 1 aliphatic rings. The predicted octanol–water partition coefficient (Wildman–Crippen LogP) is 5.29. The molecular weight excluding hydrogens is 446 g/mol. The predicted molar refractivity (Wildman–Crippen MR) is 117 cm³/mol. The zero-order valence-corrected chi connectivity index (χ0v) is 17.8. The van der Waals surface area contributed by atoms with Crippen LogP contribution in [-0.2, 0) is 15.1 Å². The van der Waals surface area contributed by atoms with Crippen molar-refractivity contribution >= 4 is 28.0 Å². The largest absolute Gasteiger partial charge is 0.479 e. The van der Waals surface area contributed by atoms with Gasteiger partial charge in [-0.05, 0) is 46.9 Å². The van der Waals surface area contributed by atoms with Gasteiger partial charge < -0.3 is 15.2 Å². The Kier molecular flexibility index (Phi) is 5.35. The fourth-order valence-corrected chi connectivity index (χ4v) is 4.14. The third kappa shape index (κ3) is 3.59. The van der Waals surface area contributed by atoms with Crippen LogP contribution in [0.1, 0.15) is 29.5 Å². The van der Waals surface area contributed by atoms with Gasteiger partial charge in [-0.3, -0.25) is 0 Å². The molecule has 30 heavy (non-hydrogen) atoms. The second-order valence-corrected chi connectivity index (χ2v) is 8.30. The first-order valence-corrected chi connectivity index (χ1v) is 10.3. The first-order chi connectivity index (χ1) is 14.4. The van der Waals surface area contributed by atoms with Crippen LogP contribution in [-0.4, -0.2) is 23.8 Å². The number of fused-ring (bicyclic) bond motifs is 3. The van der Waals surface area contributed by atoms with Crippen molar-refractivity contribution in [2.45, 2.75) is 18.4 Å². The summed E-state index contributed by atoms with van der Waals surface area (Å²) in [5.74, 6) is -1.26. The van der Waals surface area contributed by atoms with Crippen LogP contribution in [0.4, 0.5) is 4.79 Å². The number of aliphatic carboxylic acids is 1. The van der Waals surface area contributed by atoms with Crippen molar-refractivity contribution in [2.24, 2.45) is 0 Å². The van der Waals surface area contributed by atoms with Crippen LogP contribution >= 0.6 is 15.9 Å². The normalized spacial score (nSPS) is 14.3. The van der Waals surface area contributed by atoms with E-state index in [1.54, 1.807) is 24.3 Å². The smallest absolute Gasteiger partial charge is 0.408 e. The van der Waals surface area contributed by atoms with Crippen molar-refractivity contribution in [3.05, 3.63) is 94.0 Å². The lowest BCUT2D eigenvalue weighted by atomic mass is 9.92. The number of amides is 1. The summed E-state index contributed by atoms with van der Waals surface area (Å²) < 4.78 is 6.33. The number of ether oxygens (including phenoxy) is 1. The molecule has 4 rings (SSSR count). The summed E-state index contributed by atoms with van der Waals surface area (Å²) in [5.41, 5.74) is 3.30. The second kappa shape index (κ2) is 7.95. The molecule has 3 aromatic carbocycles. The molecule has 152 valence electrons. The summed E-state index contributed by atoms with van der Waals surface area (Å²) in [6.45, 7) is 1.57. The molecule has 0 fully saturated rings. The Morgan fingerprint density at radius 3 is 2.03 bits per heavy atom. The van der Waals surface area contributed by atoms with Gasteiger partial charge in [0.25, 0.3) is 0 Å².